The van der Waals surface area contributed by atoms with Crippen molar-refractivity contribution < 1.29 is 44.2 Å². The smallest absolute Gasteiger partial charge is 0.198 e. The molecule has 3 aromatic carbocycles. The molecular formula is C31H32O9. The summed E-state index contributed by atoms with van der Waals surface area (Å²) in [7, 11) is 0. The van der Waals surface area contributed by atoms with Crippen LogP contribution >= 0.6 is 0 Å². The van der Waals surface area contributed by atoms with E-state index in [9.17, 15) is 30.0 Å². The van der Waals surface area contributed by atoms with E-state index in [1.54, 1.807) is 32.0 Å². The van der Waals surface area contributed by atoms with Gasteiger partial charge in [-0.25, -0.2) is 0 Å². The van der Waals surface area contributed by atoms with Crippen molar-refractivity contribution in [1.82, 2.24) is 0 Å². The second-order valence-corrected chi connectivity index (χ2v) is 11.1. The van der Waals surface area contributed by atoms with Crippen molar-refractivity contribution in [1.29, 1.82) is 0 Å². The van der Waals surface area contributed by atoms with Crippen LogP contribution in [-0.2, 0) is 14.2 Å². The zero-order valence-electron chi connectivity index (χ0n) is 22.5. The maximum absolute atomic E-state index is 13.6. The molecule has 7 unspecified atom stereocenters. The summed E-state index contributed by atoms with van der Waals surface area (Å²) < 4.78 is 17.9. The van der Waals surface area contributed by atoms with E-state index < -0.39 is 48.4 Å². The van der Waals surface area contributed by atoms with Crippen LogP contribution in [0, 0.1) is 6.92 Å². The van der Waals surface area contributed by atoms with Gasteiger partial charge in [-0.1, -0.05) is 18.2 Å². The van der Waals surface area contributed by atoms with Gasteiger partial charge in [-0.2, -0.15) is 0 Å². The summed E-state index contributed by atoms with van der Waals surface area (Å²) in [6.07, 6.45) is -3.40. The van der Waals surface area contributed by atoms with Crippen molar-refractivity contribution in [3.63, 3.8) is 0 Å². The molecule has 2 heterocycles. The second-order valence-electron chi connectivity index (χ2n) is 11.1. The molecule has 4 N–H and O–H groups in total. The number of ketones is 2. The van der Waals surface area contributed by atoms with Gasteiger partial charge in [0.25, 0.3) is 0 Å². The van der Waals surface area contributed by atoms with E-state index in [2.05, 4.69) is 0 Å². The molecule has 0 aromatic heterocycles. The number of aliphatic hydroxyl groups excluding tert-OH is 2. The van der Waals surface area contributed by atoms with Gasteiger partial charge in [0, 0.05) is 40.5 Å². The van der Waals surface area contributed by atoms with Crippen LogP contribution in [0.4, 0.5) is 0 Å². The average Bonchev–Trinajstić information content (AvgIpc) is 2.90. The van der Waals surface area contributed by atoms with Gasteiger partial charge >= 0.3 is 0 Å². The van der Waals surface area contributed by atoms with Crippen LogP contribution < -0.4 is 0 Å². The van der Waals surface area contributed by atoms with Crippen molar-refractivity contribution >= 4 is 22.3 Å². The van der Waals surface area contributed by atoms with E-state index in [-0.39, 0.29) is 51.8 Å². The third kappa shape index (κ3) is 4.29. The number of hydrogen-bond acceptors (Lipinski definition) is 9. The molecule has 210 valence electrons. The number of fused-ring (bicyclic) bond motifs is 4. The Kier molecular flexibility index (Phi) is 6.67. The third-order valence-corrected chi connectivity index (χ3v) is 8.33. The Balaban J connectivity index is 1.29. The molecule has 6 rings (SSSR count). The van der Waals surface area contributed by atoms with Crippen LogP contribution in [0.25, 0.3) is 10.8 Å². The molecule has 0 radical (unpaired) electrons. The van der Waals surface area contributed by atoms with Crippen LogP contribution in [0.3, 0.4) is 0 Å². The van der Waals surface area contributed by atoms with Gasteiger partial charge in [0.2, 0.25) is 0 Å². The number of rotatable bonds is 3. The number of carbonyl (C=O) groups excluding carboxylic acids is 2. The number of phenols is 2. The van der Waals surface area contributed by atoms with Crippen molar-refractivity contribution in [2.24, 2.45) is 0 Å². The normalized spacial score (nSPS) is 30.3. The SMILES string of the molecule is Cc1cc(O)c2c3c(ccc2c1)C(=O)c1c(ccc(C2CC(O)C(OC4CCC(O)C(C)O4)C(C)O2)c1O)C3=O. The van der Waals surface area contributed by atoms with E-state index >= 15 is 0 Å². The first-order valence-corrected chi connectivity index (χ1v) is 13.6. The van der Waals surface area contributed by atoms with E-state index in [1.165, 1.54) is 12.1 Å². The van der Waals surface area contributed by atoms with Crippen LogP contribution in [0.15, 0.2) is 36.4 Å². The summed E-state index contributed by atoms with van der Waals surface area (Å²) in [6, 6.07) is 9.63. The molecule has 0 saturated carbocycles. The van der Waals surface area contributed by atoms with Gasteiger partial charge in [0.05, 0.1) is 36.1 Å². The van der Waals surface area contributed by atoms with Gasteiger partial charge in [-0.05, 0) is 56.3 Å². The lowest BCUT2D eigenvalue weighted by Crippen LogP contribution is -2.49. The van der Waals surface area contributed by atoms with E-state index in [4.69, 9.17) is 14.2 Å². The first-order chi connectivity index (χ1) is 19.0. The monoisotopic (exact) mass is 548 g/mol. The van der Waals surface area contributed by atoms with Gasteiger partial charge in [-0.15, -0.1) is 0 Å². The highest BCUT2D eigenvalue weighted by Crippen LogP contribution is 2.44. The third-order valence-electron chi connectivity index (χ3n) is 8.33. The zero-order chi connectivity index (χ0) is 28.5. The number of ether oxygens (including phenoxy) is 3. The summed E-state index contributed by atoms with van der Waals surface area (Å²) >= 11 is 0. The lowest BCUT2D eigenvalue weighted by atomic mass is 9.79. The summed E-state index contributed by atoms with van der Waals surface area (Å²) in [5.41, 5.74) is 1.26. The number of aryl methyl sites for hydroxylation is 1. The average molecular weight is 549 g/mol. The van der Waals surface area contributed by atoms with Crippen molar-refractivity contribution in [2.75, 3.05) is 0 Å². The lowest BCUT2D eigenvalue weighted by molar-refractivity contribution is -0.279. The summed E-state index contributed by atoms with van der Waals surface area (Å²) in [4.78, 5) is 27.3. The van der Waals surface area contributed by atoms with Crippen LogP contribution in [0.1, 0.15) is 82.2 Å². The molecule has 0 spiro atoms. The highest BCUT2D eigenvalue weighted by molar-refractivity contribution is 6.33. The van der Waals surface area contributed by atoms with Gasteiger partial charge in [0.15, 0.2) is 17.9 Å². The molecule has 1 aliphatic carbocycles. The summed E-state index contributed by atoms with van der Waals surface area (Å²) in [5, 5.41) is 43.8. The van der Waals surface area contributed by atoms with Gasteiger partial charge in [0.1, 0.15) is 17.6 Å². The first kappa shape index (κ1) is 26.9. The van der Waals surface area contributed by atoms with E-state index in [1.807, 2.05) is 13.0 Å². The highest BCUT2D eigenvalue weighted by Gasteiger charge is 2.42. The number of benzene rings is 3. The van der Waals surface area contributed by atoms with Gasteiger partial charge < -0.3 is 34.6 Å². The Morgan fingerprint density at radius 3 is 2.27 bits per heavy atom. The van der Waals surface area contributed by atoms with Crippen molar-refractivity contribution in [3.8, 4) is 11.5 Å². The number of phenolic OH excluding ortho intramolecular Hbond substituents is 2. The maximum atomic E-state index is 13.6. The predicted octanol–water partition coefficient (Wildman–Crippen LogP) is 3.82. The zero-order valence-corrected chi connectivity index (χ0v) is 22.5. The Bertz CT molecular complexity index is 1520. The Morgan fingerprint density at radius 1 is 0.850 bits per heavy atom. The Labute approximate surface area is 230 Å². The van der Waals surface area contributed by atoms with Crippen LogP contribution in [0.2, 0.25) is 0 Å². The predicted molar refractivity (Wildman–Crippen MR) is 144 cm³/mol. The Hall–Kier alpha value is -3.34. The van der Waals surface area contributed by atoms with Crippen LogP contribution in [-0.4, -0.2) is 68.8 Å². The second kappa shape index (κ2) is 9.94. The molecule has 40 heavy (non-hydrogen) atoms. The fourth-order valence-corrected chi connectivity index (χ4v) is 6.25. The molecule has 9 heteroatoms. The quantitative estimate of drug-likeness (QED) is 0.300. The maximum Gasteiger partial charge on any atom is 0.198 e. The molecular weight excluding hydrogens is 516 g/mol. The molecule has 3 aliphatic rings. The number of carbonyl (C=O) groups is 2. The molecule has 7 atom stereocenters. The van der Waals surface area contributed by atoms with Crippen molar-refractivity contribution in [2.45, 2.75) is 82.9 Å². The lowest BCUT2D eigenvalue weighted by Gasteiger charge is -2.41. The molecule has 0 amide bonds. The number of hydrogen-bond donors (Lipinski definition) is 4. The van der Waals surface area contributed by atoms with Crippen LogP contribution in [0.5, 0.6) is 11.5 Å². The minimum atomic E-state index is -0.953. The van der Waals surface area contributed by atoms with Crippen molar-refractivity contribution in [3.05, 3.63) is 69.8 Å². The molecule has 0 bridgehead atoms. The molecule has 2 saturated heterocycles. The van der Waals surface area contributed by atoms with Gasteiger partial charge in [-0.3, -0.25) is 9.59 Å². The Morgan fingerprint density at radius 2 is 1.55 bits per heavy atom. The molecule has 2 aliphatic heterocycles. The standard InChI is InChI=1S/C31H32O9/c1-13-10-16-4-5-18-26(25(16)21(33)11-13)29(36)19-7-6-17(28(35)27(19)30(18)37)23-12-22(34)31(15(3)38-23)40-24-9-8-20(32)14(2)39-24/h4-7,10-11,14-15,20,22-24,31-35H,8-9,12H2,1-3H3. The minimum absolute atomic E-state index is 0.0441. The summed E-state index contributed by atoms with van der Waals surface area (Å²) in [6.45, 7) is 5.35. The minimum Gasteiger partial charge on any atom is -0.507 e. The highest BCUT2D eigenvalue weighted by atomic mass is 16.7. The largest absolute Gasteiger partial charge is 0.507 e. The topological polar surface area (TPSA) is 143 Å². The number of aliphatic hydroxyl groups is 2. The number of aromatic hydroxyl groups is 2. The molecule has 9 nitrogen and oxygen atoms in total. The fourth-order valence-electron chi connectivity index (χ4n) is 6.25. The van der Waals surface area contributed by atoms with E-state index in [0.29, 0.717) is 23.6 Å². The fraction of sp³-hybridized carbons (Fsp3) is 0.419. The van der Waals surface area contributed by atoms with E-state index in [0.717, 1.165) is 5.56 Å². The molecule has 3 aromatic rings. The molecule has 2 fully saturated rings. The first-order valence-electron chi connectivity index (χ1n) is 13.6. The summed E-state index contributed by atoms with van der Waals surface area (Å²) in [5.74, 6) is -1.44.